The summed E-state index contributed by atoms with van der Waals surface area (Å²) in [6.45, 7) is 1.69. The van der Waals surface area contributed by atoms with E-state index in [2.05, 4.69) is 36.5 Å². The third-order valence-corrected chi connectivity index (χ3v) is 3.66. The lowest BCUT2D eigenvalue weighted by atomic mass is 10.1. The number of anilines is 2. The summed E-state index contributed by atoms with van der Waals surface area (Å²) in [6, 6.07) is 7.90. The molecule has 0 amide bonds. The summed E-state index contributed by atoms with van der Waals surface area (Å²) in [5.74, 6) is 1.21. The van der Waals surface area contributed by atoms with Crippen LogP contribution >= 0.6 is 15.9 Å². The molecule has 20 heavy (non-hydrogen) atoms. The lowest BCUT2D eigenvalue weighted by Gasteiger charge is -2.19. The third kappa shape index (κ3) is 2.76. The zero-order valence-corrected chi connectivity index (χ0v) is 12.7. The first-order valence-corrected chi connectivity index (χ1v) is 7.22. The molecule has 0 radical (unpaired) electrons. The zero-order chi connectivity index (χ0) is 13.9. The summed E-state index contributed by atoms with van der Waals surface area (Å²) in [6.07, 6.45) is 0.890. The summed E-state index contributed by atoms with van der Waals surface area (Å²) in [7, 11) is 1.64. The SMILES string of the molecule is COc1nc(Nc2cccc(Br)c2)nc2c1CNCC2. The van der Waals surface area contributed by atoms with Crippen molar-refractivity contribution in [3.05, 3.63) is 40.0 Å². The van der Waals surface area contributed by atoms with Crippen LogP contribution in [-0.2, 0) is 13.0 Å². The van der Waals surface area contributed by atoms with Crippen molar-refractivity contribution < 1.29 is 4.74 Å². The van der Waals surface area contributed by atoms with Crippen molar-refractivity contribution in [3.63, 3.8) is 0 Å². The average Bonchev–Trinajstić information content (AvgIpc) is 2.46. The van der Waals surface area contributed by atoms with Crippen LogP contribution in [0.2, 0.25) is 0 Å². The summed E-state index contributed by atoms with van der Waals surface area (Å²) < 4.78 is 6.39. The number of hydrogen-bond donors (Lipinski definition) is 2. The van der Waals surface area contributed by atoms with Gasteiger partial charge >= 0.3 is 0 Å². The van der Waals surface area contributed by atoms with Crippen molar-refractivity contribution in [1.29, 1.82) is 0 Å². The number of nitrogens with one attached hydrogen (secondary N) is 2. The molecule has 0 aliphatic carbocycles. The Balaban J connectivity index is 1.94. The van der Waals surface area contributed by atoms with Gasteiger partial charge in [0.05, 0.1) is 12.8 Å². The number of rotatable bonds is 3. The second-order valence-corrected chi connectivity index (χ2v) is 5.46. The maximum absolute atomic E-state index is 5.37. The maximum atomic E-state index is 5.37. The van der Waals surface area contributed by atoms with Gasteiger partial charge in [-0.05, 0) is 18.2 Å². The second kappa shape index (κ2) is 5.76. The minimum absolute atomic E-state index is 0.570. The summed E-state index contributed by atoms with van der Waals surface area (Å²) in [5.41, 5.74) is 3.04. The molecular formula is C14H15BrN4O. The van der Waals surface area contributed by atoms with Gasteiger partial charge in [-0.1, -0.05) is 22.0 Å². The topological polar surface area (TPSA) is 59.1 Å². The fraction of sp³-hybridized carbons (Fsp3) is 0.286. The highest BCUT2D eigenvalue weighted by atomic mass is 79.9. The van der Waals surface area contributed by atoms with E-state index in [-0.39, 0.29) is 0 Å². The van der Waals surface area contributed by atoms with Crippen LogP contribution in [0.25, 0.3) is 0 Å². The number of benzene rings is 1. The van der Waals surface area contributed by atoms with Gasteiger partial charge in [-0.2, -0.15) is 4.98 Å². The molecule has 0 atom stereocenters. The molecule has 6 heteroatoms. The maximum Gasteiger partial charge on any atom is 0.230 e. The first kappa shape index (κ1) is 13.3. The van der Waals surface area contributed by atoms with Crippen LogP contribution in [0.4, 0.5) is 11.6 Å². The molecule has 5 nitrogen and oxygen atoms in total. The minimum atomic E-state index is 0.570. The smallest absolute Gasteiger partial charge is 0.230 e. The standard InChI is InChI=1S/C14H15BrN4O/c1-20-13-11-8-16-6-5-12(11)18-14(19-13)17-10-4-2-3-9(15)7-10/h2-4,7,16H,5-6,8H2,1H3,(H,17,18,19). The summed E-state index contributed by atoms with van der Waals surface area (Å²) in [4.78, 5) is 9.02. The molecule has 1 aromatic heterocycles. The molecule has 3 rings (SSSR count). The van der Waals surface area contributed by atoms with Gasteiger partial charge in [-0.25, -0.2) is 4.98 Å². The van der Waals surface area contributed by atoms with Gasteiger partial charge in [-0.15, -0.1) is 0 Å². The number of aromatic nitrogens is 2. The van der Waals surface area contributed by atoms with Crippen molar-refractivity contribution in [1.82, 2.24) is 15.3 Å². The number of hydrogen-bond acceptors (Lipinski definition) is 5. The van der Waals surface area contributed by atoms with Crippen LogP contribution in [0.15, 0.2) is 28.7 Å². The van der Waals surface area contributed by atoms with Gasteiger partial charge in [0, 0.05) is 35.2 Å². The Hall–Kier alpha value is -1.66. The fourth-order valence-electron chi connectivity index (χ4n) is 2.23. The van der Waals surface area contributed by atoms with Gasteiger partial charge in [0.15, 0.2) is 0 Å². The molecule has 1 aromatic carbocycles. The first-order valence-electron chi connectivity index (χ1n) is 6.43. The zero-order valence-electron chi connectivity index (χ0n) is 11.1. The lowest BCUT2D eigenvalue weighted by Crippen LogP contribution is -2.26. The number of fused-ring (bicyclic) bond motifs is 1. The van der Waals surface area contributed by atoms with Crippen molar-refractivity contribution in [2.45, 2.75) is 13.0 Å². The molecular weight excluding hydrogens is 320 g/mol. The molecule has 0 saturated heterocycles. The van der Waals surface area contributed by atoms with Gasteiger partial charge in [0.2, 0.25) is 11.8 Å². The van der Waals surface area contributed by atoms with E-state index in [1.165, 1.54) is 0 Å². The van der Waals surface area contributed by atoms with Gasteiger partial charge in [-0.3, -0.25) is 0 Å². The minimum Gasteiger partial charge on any atom is -0.481 e. The number of methoxy groups -OCH3 is 1. The van der Waals surface area contributed by atoms with E-state index in [4.69, 9.17) is 4.74 Å². The third-order valence-electron chi connectivity index (χ3n) is 3.17. The van der Waals surface area contributed by atoms with Crippen molar-refractivity contribution in [2.24, 2.45) is 0 Å². The number of ether oxygens (including phenoxy) is 1. The Morgan fingerprint density at radius 3 is 3.05 bits per heavy atom. The van der Waals surface area contributed by atoms with E-state index < -0.39 is 0 Å². The Kier molecular flexibility index (Phi) is 3.84. The van der Waals surface area contributed by atoms with Crippen molar-refractivity contribution in [3.8, 4) is 5.88 Å². The number of nitrogens with zero attached hydrogens (tertiary/aromatic N) is 2. The molecule has 0 bridgehead atoms. The van der Waals surface area contributed by atoms with Gasteiger partial charge in [0.25, 0.3) is 0 Å². The van der Waals surface area contributed by atoms with Crippen LogP contribution in [0.3, 0.4) is 0 Å². The molecule has 2 N–H and O–H groups in total. The Labute approximate surface area is 125 Å². The monoisotopic (exact) mass is 334 g/mol. The van der Waals surface area contributed by atoms with Crippen LogP contribution < -0.4 is 15.4 Å². The van der Waals surface area contributed by atoms with Crippen molar-refractivity contribution >= 4 is 27.6 Å². The average molecular weight is 335 g/mol. The molecule has 0 spiro atoms. The largest absolute Gasteiger partial charge is 0.481 e. The van der Waals surface area contributed by atoms with E-state index in [1.54, 1.807) is 7.11 Å². The number of halogens is 1. The lowest BCUT2D eigenvalue weighted by molar-refractivity contribution is 0.386. The highest BCUT2D eigenvalue weighted by Crippen LogP contribution is 2.25. The fourth-order valence-corrected chi connectivity index (χ4v) is 2.63. The molecule has 0 saturated carbocycles. The van der Waals surface area contributed by atoms with E-state index in [9.17, 15) is 0 Å². The summed E-state index contributed by atoms with van der Waals surface area (Å²) in [5, 5.41) is 6.52. The van der Waals surface area contributed by atoms with E-state index in [0.717, 1.165) is 40.9 Å². The molecule has 2 heterocycles. The molecule has 2 aromatic rings. The molecule has 0 fully saturated rings. The second-order valence-electron chi connectivity index (χ2n) is 4.54. The predicted octanol–water partition coefficient (Wildman–Crippen LogP) is 2.64. The highest BCUT2D eigenvalue weighted by molar-refractivity contribution is 9.10. The van der Waals surface area contributed by atoms with Gasteiger partial charge in [0.1, 0.15) is 0 Å². The molecule has 104 valence electrons. The van der Waals surface area contributed by atoms with E-state index in [1.807, 2.05) is 24.3 Å². The summed E-state index contributed by atoms with van der Waals surface area (Å²) >= 11 is 3.45. The predicted molar refractivity (Wildman–Crippen MR) is 81.4 cm³/mol. The van der Waals surface area contributed by atoms with Crippen LogP contribution in [0.1, 0.15) is 11.3 Å². The Bertz CT molecular complexity index is 615. The van der Waals surface area contributed by atoms with E-state index >= 15 is 0 Å². The van der Waals surface area contributed by atoms with Crippen LogP contribution in [-0.4, -0.2) is 23.6 Å². The van der Waals surface area contributed by atoms with Crippen LogP contribution in [0.5, 0.6) is 5.88 Å². The Morgan fingerprint density at radius 1 is 1.35 bits per heavy atom. The molecule has 1 aliphatic heterocycles. The highest BCUT2D eigenvalue weighted by Gasteiger charge is 2.18. The van der Waals surface area contributed by atoms with E-state index in [0.29, 0.717) is 11.8 Å². The normalized spacial score (nSPS) is 13.7. The molecule has 1 aliphatic rings. The van der Waals surface area contributed by atoms with Crippen molar-refractivity contribution in [2.75, 3.05) is 19.0 Å². The van der Waals surface area contributed by atoms with Gasteiger partial charge < -0.3 is 15.4 Å². The molecule has 0 unspecified atom stereocenters. The Morgan fingerprint density at radius 2 is 2.25 bits per heavy atom. The van der Waals surface area contributed by atoms with Crippen LogP contribution in [0, 0.1) is 0 Å². The quantitative estimate of drug-likeness (QED) is 0.903. The first-order chi connectivity index (χ1) is 9.76.